The average molecular weight is 347 g/mol. The van der Waals surface area contributed by atoms with Crippen molar-refractivity contribution in [2.75, 3.05) is 4.72 Å². The van der Waals surface area contributed by atoms with Gasteiger partial charge in [0.2, 0.25) is 5.95 Å². The Labute approximate surface area is 141 Å². The van der Waals surface area contributed by atoms with Gasteiger partial charge in [0, 0.05) is 11.9 Å². The van der Waals surface area contributed by atoms with Gasteiger partial charge in [0.05, 0.1) is 12.2 Å². The maximum Gasteiger partial charge on any atom is 0.281 e. The van der Waals surface area contributed by atoms with Crippen LogP contribution in [-0.4, -0.2) is 28.2 Å². The van der Waals surface area contributed by atoms with Crippen LogP contribution in [0.25, 0.3) is 0 Å². The van der Waals surface area contributed by atoms with Crippen molar-refractivity contribution >= 4 is 16.0 Å². The van der Waals surface area contributed by atoms with Crippen molar-refractivity contribution in [1.29, 1.82) is 0 Å². The lowest BCUT2D eigenvalue weighted by atomic mass is 9.89. The summed E-state index contributed by atoms with van der Waals surface area (Å²) < 4.78 is 29.5. The van der Waals surface area contributed by atoms with Gasteiger partial charge in [0.15, 0.2) is 5.03 Å². The molecule has 128 valence electrons. The van der Waals surface area contributed by atoms with Gasteiger partial charge in [-0.3, -0.25) is 0 Å². The molecule has 2 aliphatic carbocycles. The highest BCUT2D eigenvalue weighted by Crippen LogP contribution is 2.33. The van der Waals surface area contributed by atoms with Crippen LogP contribution < -0.4 is 4.72 Å². The molecule has 7 nitrogen and oxygen atoms in total. The number of fused-ring (bicyclic) bond motifs is 1. The summed E-state index contributed by atoms with van der Waals surface area (Å²) in [6.45, 7) is 2.21. The SMILES string of the molecule is CC1CCc2nc(NS(=O)(=O)c3ccnn3C3CCC3)ncc2C1. The molecule has 1 N–H and O–H groups in total. The third kappa shape index (κ3) is 2.79. The molecule has 1 atom stereocenters. The van der Waals surface area contributed by atoms with Crippen molar-refractivity contribution in [3.05, 3.63) is 29.7 Å². The molecule has 1 unspecified atom stereocenters. The third-order valence-electron chi connectivity index (χ3n) is 4.95. The monoisotopic (exact) mass is 347 g/mol. The Hall–Kier alpha value is -1.96. The van der Waals surface area contributed by atoms with Crippen LogP contribution in [0.15, 0.2) is 23.5 Å². The number of aryl methyl sites for hydroxylation is 1. The lowest BCUT2D eigenvalue weighted by Gasteiger charge is -2.27. The third-order valence-corrected chi connectivity index (χ3v) is 6.28. The van der Waals surface area contributed by atoms with E-state index in [2.05, 4.69) is 26.7 Å². The van der Waals surface area contributed by atoms with Gasteiger partial charge in [-0.05, 0) is 56.1 Å². The highest BCUT2D eigenvalue weighted by Gasteiger charge is 2.28. The molecule has 2 heterocycles. The number of hydrogen-bond acceptors (Lipinski definition) is 5. The summed E-state index contributed by atoms with van der Waals surface area (Å²) in [5.74, 6) is 0.769. The van der Waals surface area contributed by atoms with Crippen molar-refractivity contribution < 1.29 is 8.42 Å². The highest BCUT2D eigenvalue weighted by atomic mass is 32.2. The van der Waals surface area contributed by atoms with E-state index in [1.165, 1.54) is 12.3 Å². The van der Waals surface area contributed by atoms with Crippen LogP contribution in [0.5, 0.6) is 0 Å². The van der Waals surface area contributed by atoms with Crippen LogP contribution >= 0.6 is 0 Å². The molecule has 1 fully saturated rings. The Morgan fingerprint density at radius 3 is 2.88 bits per heavy atom. The number of hydrogen-bond donors (Lipinski definition) is 1. The van der Waals surface area contributed by atoms with Gasteiger partial charge in [-0.25, -0.2) is 19.4 Å². The van der Waals surface area contributed by atoms with E-state index in [-0.39, 0.29) is 17.0 Å². The Morgan fingerprint density at radius 2 is 2.12 bits per heavy atom. The molecule has 2 aromatic heterocycles. The van der Waals surface area contributed by atoms with Gasteiger partial charge >= 0.3 is 0 Å². The molecule has 1 saturated carbocycles. The number of aromatic nitrogens is 4. The van der Waals surface area contributed by atoms with E-state index < -0.39 is 10.0 Å². The molecule has 8 heteroatoms. The molecule has 24 heavy (non-hydrogen) atoms. The first-order chi connectivity index (χ1) is 11.5. The second-order valence-electron chi connectivity index (χ2n) is 6.82. The lowest BCUT2D eigenvalue weighted by molar-refractivity contribution is 0.271. The van der Waals surface area contributed by atoms with Crippen molar-refractivity contribution in [2.24, 2.45) is 5.92 Å². The van der Waals surface area contributed by atoms with E-state index in [0.717, 1.165) is 49.8 Å². The zero-order valence-corrected chi connectivity index (χ0v) is 14.5. The van der Waals surface area contributed by atoms with Gasteiger partial charge < -0.3 is 0 Å². The molecule has 2 aromatic rings. The minimum absolute atomic E-state index is 0.143. The minimum Gasteiger partial charge on any atom is -0.249 e. The van der Waals surface area contributed by atoms with E-state index in [9.17, 15) is 8.42 Å². The minimum atomic E-state index is -3.73. The van der Waals surface area contributed by atoms with Gasteiger partial charge in [0.1, 0.15) is 0 Å². The summed E-state index contributed by atoms with van der Waals surface area (Å²) in [5.41, 5.74) is 2.07. The summed E-state index contributed by atoms with van der Waals surface area (Å²) in [4.78, 5) is 8.62. The van der Waals surface area contributed by atoms with E-state index in [0.29, 0.717) is 5.92 Å². The topological polar surface area (TPSA) is 89.8 Å². The van der Waals surface area contributed by atoms with Gasteiger partial charge in [0.25, 0.3) is 10.0 Å². The molecule has 0 saturated heterocycles. The predicted molar refractivity (Wildman–Crippen MR) is 89.1 cm³/mol. The van der Waals surface area contributed by atoms with E-state index in [1.54, 1.807) is 10.9 Å². The summed E-state index contributed by atoms with van der Waals surface area (Å²) in [6, 6.07) is 1.71. The fourth-order valence-electron chi connectivity index (χ4n) is 3.33. The molecular weight excluding hydrogens is 326 g/mol. The zero-order valence-electron chi connectivity index (χ0n) is 13.6. The first-order valence-electron chi connectivity index (χ1n) is 8.44. The Morgan fingerprint density at radius 1 is 1.29 bits per heavy atom. The first-order valence-corrected chi connectivity index (χ1v) is 9.92. The first kappa shape index (κ1) is 15.6. The molecule has 0 spiro atoms. The molecule has 2 aliphatic rings. The summed E-state index contributed by atoms with van der Waals surface area (Å²) >= 11 is 0. The fraction of sp³-hybridized carbons (Fsp3) is 0.562. The van der Waals surface area contributed by atoms with Gasteiger partial charge in [-0.2, -0.15) is 13.5 Å². The summed E-state index contributed by atoms with van der Waals surface area (Å²) in [5, 5.41) is 4.36. The highest BCUT2D eigenvalue weighted by molar-refractivity contribution is 7.92. The van der Waals surface area contributed by atoms with Crippen LogP contribution in [0.4, 0.5) is 5.95 Å². The fourth-order valence-corrected chi connectivity index (χ4v) is 4.46. The van der Waals surface area contributed by atoms with Gasteiger partial charge in [-0.1, -0.05) is 6.92 Å². The van der Waals surface area contributed by atoms with Crippen LogP contribution in [-0.2, 0) is 22.9 Å². The normalized spacial score (nSPS) is 21.1. The second-order valence-corrected chi connectivity index (χ2v) is 8.45. The summed E-state index contributed by atoms with van der Waals surface area (Å²) in [7, 11) is -3.73. The van der Waals surface area contributed by atoms with Crippen molar-refractivity contribution in [2.45, 2.75) is 56.5 Å². The van der Waals surface area contributed by atoms with Crippen LogP contribution in [0, 0.1) is 5.92 Å². The average Bonchev–Trinajstić information content (AvgIpc) is 2.95. The van der Waals surface area contributed by atoms with Crippen molar-refractivity contribution in [3.63, 3.8) is 0 Å². The smallest absolute Gasteiger partial charge is 0.249 e. The molecule has 0 aliphatic heterocycles. The number of nitrogens with zero attached hydrogens (tertiary/aromatic N) is 4. The number of anilines is 1. The van der Waals surface area contributed by atoms with E-state index in [4.69, 9.17) is 0 Å². The standard InChI is InChI=1S/C16H21N5O2S/c1-11-5-6-14-12(9-11)10-17-16(19-14)20-24(22,23)15-7-8-18-21(15)13-3-2-4-13/h7-8,10-11,13H,2-6,9H2,1H3,(H,17,19,20). The van der Waals surface area contributed by atoms with Crippen molar-refractivity contribution in [3.8, 4) is 0 Å². The number of nitrogens with one attached hydrogen (secondary N) is 1. The Bertz CT molecular complexity index is 857. The summed E-state index contributed by atoms with van der Waals surface area (Å²) in [6.07, 6.45) is 9.23. The van der Waals surface area contributed by atoms with E-state index in [1.807, 2.05) is 0 Å². The quantitative estimate of drug-likeness (QED) is 0.917. The Kier molecular flexibility index (Phi) is 3.79. The number of rotatable bonds is 4. The van der Waals surface area contributed by atoms with Crippen molar-refractivity contribution in [1.82, 2.24) is 19.7 Å². The molecular formula is C16H21N5O2S. The van der Waals surface area contributed by atoms with Crippen LogP contribution in [0.3, 0.4) is 0 Å². The maximum absolute atomic E-state index is 12.7. The largest absolute Gasteiger partial charge is 0.281 e. The molecule has 0 bridgehead atoms. The van der Waals surface area contributed by atoms with Crippen LogP contribution in [0.2, 0.25) is 0 Å². The molecule has 0 amide bonds. The maximum atomic E-state index is 12.7. The van der Waals surface area contributed by atoms with Crippen LogP contribution in [0.1, 0.15) is 49.9 Å². The molecule has 0 radical (unpaired) electrons. The lowest BCUT2D eigenvalue weighted by Crippen LogP contribution is -2.25. The predicted octanol–water partition coefficient (Wildman–Crippen LogP) is 2.32. The molecule has 0 aromatic carbocycles. The van der Waals surface area contributed by atoms with E-state index >= 15 is 0 Å². The number of sulfonamides is 1. The molecule has 4 rings (SSSR count). The second kappa shape index (κ2) is 5.84. The Balaban J connectivity index is 1.59. The zero-order chi connectivity index (χ0) is 16.7. The van der Waals surface area contributed by atoms with Gasteiger partial charge in [-0.15, -0.1) is 0 Å².